The van der Waals surface area contributed by atoms with E-state index < -0.39 is 0 Å². The van der Waals surface area contributed by atoms with E-state index in [1.807, 2.05) is 18.5 Å². The second-order valence-electron chi connectivity index (χ2n) is 4.62. The lowest BCUT2D eigenvalue weighted by molar-refractivity contribution is 0.563. The van der Waals surface area contributed by atoms with E-state index in [4.69, 9.17) is 0 Å². The highest BCUT2D eigenvalue weighted by molar-refractivity contribution is 5.70. The third-order valence-corrected chi connectivity index (χ3v) is 3.62. The molecule has 0 radical (unpaired) electrons. The van der Waals surface area contributed by atoms with Crippen LogP contribution < -0.4 is 5.32 Å². The van der Waals surface area contributed by atoms with Crippen molar-refractivity contribution >= 4 is 11.6 Å². The first-order valence-electron chi connectivity index (χ1n) is 5.89. The Morgan fingerprint density at radius 1 is 1.44 bits per heavy atom. The van der Waals surface area contributed by atoms with E-state index in [0.717, 1.165) is 17.9 Å². The summed E-state index contributed by atoms with van der Waals surface area (Å²) in [6.07, 6.45) is 10.5. The molecule has 0 aromatic carbocycles. The van der Waals surface area contributed by atoms with Gasteiger partial charge in [-0.3, -0.25) is 4.98 Å². The molecule has 1 aromatic rings. The van der Waals surface area contributed by atoms with Crippen LogP contribution in [0.15, 0.2) is 31.1 Å². The lowest BCUT2D eigenvalue weighted by Crippen LogP contribution is -2.22. The number of hydrogen-bond donors (Lipinski definition) is 1. The first kappa shape index (κ1) is 9.79. The minimum absolute atomic E-state index is 0.669. The summed E-state index contributed by atoms with van der Waals surface area (Å²) in [5.41, 5.74) is 3.80. The van der Waals surface area contributed by atoms with Crippen molar-refractivity contribution in [2.75, 3.05) is 6.54 Å². The Labute approximate surface area is 96.1 Å². The van der Waals surface area contributed by atoms with Crippen LogP contribution in [0.2, 0.25) is 0 Å². The maximum atomic E-state index is 4.26. The number of rotatable bonds is 2. The molecular weight excluding hydrogens is 196 g/mol. The molecule has 3 rings (SSSR count). The number of pyridine rings is 1. The van der Waals surface area contributed by atoms with Crippen molar-refractivity contribution < 1.29 is 0 Å². The van der Waals surface area contributed by atoms with Crippen molar-refractivity contribution in [2.45, 2.75) is 18.9 Å². The van der Waals surface area contributed by atoms with Crippen LogP contribution in [0.1, 0.15) is 24.0 Å². The highest BCUT2D eigenvalue weighted by Gasteiger charge is 2.31. The topological polar surface area (TPSA) is 24.9 Å². The number of hydrogen-bond acceptors (Lipinski definition) is 2. The van der Waals surface area contributed by atoms with Crippen molar-refractivity contribution in [2.24, 2.45) is 5.92 Å². The number of aromatic nitrogens is 1. The van der Waals surface area contributed by atoms with Crippen LogP contribution in [0, 0.1) is 5.92 Å². The van der Waals surface area contributed by atoms with Crippen LogP contribution in [0.3, 0.4) is 0 Å². The summed E-state index contributed by atoms with van der Waals surface area (Å²) in [7, 11) is 0. The molecule has 2 atom stereocenters. The Bertz CT molecular complexity index is 448. The van der Waals surface area contributed by atoms with Crippen LogP contribution >= 0.6 is 0 Å². The Morgan fingerprint density at radius 2 is 2.38 bits per heavy atom. The average molecular weight is 212 g/mol. The minimum atomic E-state index is 0.669. The molecule has 0 spiro atoms. The van der Waals surface area contributed by atoms with Crippen LogP contribution in [-0.2, 0) is 0 Å². The summed E-state index contributed by atoms with van der Waals surface area (Å²) in [6, 6.07) is 2.84. The molecular formula is C14H16N2. The summed E-state index contributed by atoms with van der Waals surface area (Å²) in [5, 5.41) is 3.55. The van der Waals surface area contributed by atoms with E-state index in [-0.39, 0.29) is 0 Å². The van der Waals surface area contributed by atoms with Gasteiger partial charge in [-0.05, 0) is 48.1 Å². The van der Waals surface area contributed by atoms with Gasteiger partial charge in [0.2, 0.25) is 0 Å². The second kappa shape index (κ2) is 3.87. The predicted octanol–water partition coefficient (Wildman–Crippen LogP) is 2.49. The lowest BCUT2D eigenvalue weighted by Gasteiger charge is -2.08. The summed E-state index contributed by atoms with van der Waals surface area (Å²) in [6.45, 7) is 4.95. The van der Waals surface area contributed by atoms with Crippen molar-refractivity contribution in [3.8, 4) is 0 Å². The Morgan fingerprint density at radius 3 is 3.19 bits per heavy atom. The van der Waals surface area contributed by atoms with Crippen molar-refractivity contribution in [3.05, 3.63) is 42.2 Å². The van der Waals surface area contributed by atoms with Crippen molar-refractivity contribution in [1.29, 1.82) is 0 Å². The van der Waals surface area contributed by atoms with E-state index in [1.54, 1.807) is 0 Å². The summed E-state index contributed by atoms with van der Waals surface area (Å²) < 4.78 is 0. The second-order valence-corrected chi connectivity index (χ2v) is 4.62. The van der Waals surface area contributed by atoms with Gasteiger partial charge in [0.1, 0.15) is 0 Å². The van der Waals surface area contributed by atoms with Gasteiger partial charge in [0, 0.05) is 18.4 Å². The SMILES string of the molecule is C=Cc1cncc(C2=C[C@@H]3CCN[C@@H]3C2)c1. The molecule has 2 nitrogen and oxygen atoms in total. The monoisotopic (exact) mass is 212 g/mol. The summed E-state index contributed by atoms with van der Waals surface area (Å²) >= 11 is 0. The van der Waals surface area contributed by atoms with Gasteiger partial charge in [0.05, 0.1) is 0 Å². The fourth-order valence-electron chi connectivity index (χ4n) is 2.73. The molecule has 16 heavy (non-hydrogen) atoms. The average Bonchev–Trinajstić information content (AvgIpc) is 2.89. The quantitative estimate of drug-likeness (QED) is 0.814. The fraction of sp³-hybridized carbons (Fsp3) is 0.357. The third-order valence-electron chi connectivity index (χ3n) is 3.62. The van der Waals surface area contributed by atoms with Gasteiger partial charge in [-0.1, -0.05) is 18.7 Å². The largest absolute Gasteiger partial charge is 0.313 e. The molecule has 0 unspecified atom stereocenters. The van der Waals surface area contributed by atoms with Gasteiger partial charge < -0.3 is 5.32 Å². The van der Waals surface area contributed by atoms with Crippen molar-refractivity contribution in [3.63, 3.8) is 0 Å². The van der Waals surface area contributed by atoms with E-state index >= 15 is 0 Å². The number of nitrogens with zero attached hydrogens (tertiary/aromatic N) is 1. The molecule has 0 bridgehead atoms. The van der Waals surface area contributed by atoms with Gasteiger partial charge in [-0.2, -0.15) is 0 Å². The van der Waals surface area contributed by atoms with E-state index in [2.05, 4.69) is 29.0 Å². The molecule has 1 N–H and O–H groups in total. The first-order chi connectivity index (χ1) is 7.86. The van der Waals surface area contributed by atoms with Crippen LogP contribution in [0.5, 0.6) is 0 Å². The zero-order valence-electron chi connectivity index (χ0n) is 9.32. The summed E-state index contributed by atoms with van der Waals surface area (Å²) in [4.78, 5) is 4.26. The molecule has 82 valence electrons. The molecule has 1 aliphatic heterocycles. The number of nitrogens with one attached hydrogen (secondary N) is 1. The Hall–Kier alpha value is -1.41. The maximum absolute atomic E-state index is 4.26. The standard InChI is InChI=1S/C14H16N2/c1-2-10-5-13(9-15-8-10)12-6-11-3-4-16-14(11)7-12/h2,5-6,8-9,11,14,16H,1,3-4,7H2/t11-,14+/m0/s1. The van der Waals surface area contributed by atoms with Gasteiger partial charge in [0.15, 0.2) is 0 Å². The summed E-state index contributed by atoms with van der Waals surface area (Å²) in [5.74, 6) is 0.738. The molecule has 2 heteroatoms. The van der Waals surface area contributed by atoms with Crippen LogP contribution in [0.25, 0.3) is 11.6 Å². The zero-order valence-corrected chi connectivity index (χ0v) is 9.32. The molecule has 2 aliphatic rings. The van der Waals surface area contributed by atoms with Gasteiger partial charge in [-0.25, -0.2) is 0 Å². The molecule has 1 aliphatic carbocycles. The van der Waals surface area contributed by atoms with E-state index in [9.17, 15) is 0 Å². The smallest absolute Gasteiger partial charge is 0.0343 e. The molecule has 0 amide bonds. The predicted molar refractivity (Wildman–Crippen MR) is 66.8 cm³/mol. The minimum Gasteiger partial charge on any atom is -0.313 e. The van der Waals surface area contributed by atoms with Gasteiger partial charge in [-0.15, -0.1) is 0 Å². The van der Waals surface area contributed by atoms with E-state index in [1.165, 1.54) is 24.1 Å². The highest BCUT2D eigenvalue weighted by Crippen LogP contribution is 2.36. The normalized spacial score (nSPS) is 27.6. The third kappa shape index (κ3) is 1.59. The lowest BCUT2D eigenvalue weighted by atomic mass is 10.0. The maximum Gasteiger partial charge on any atom is 0.0343 e. The highest BCUT2D eigenvalue weighted by atomic mass is 15.0. The molecule has 1 fully saturated rings. The Kier molecular flexibility index (Phi) is 2.37. The van der Waals surface area contributed by atoms with Crippen molar-refractivity contribution in [1.82, 2.24) is 10.3 Å². The van der Waals surface area contributed by atoms with Gasteiger partial charge >= 0.3 is 0 Å². The first-order valence-corrected chi connectivity index (χ1v) is 5.89. The molecule has 1 aromatic heterocycles. The van der Waals surface area contributed by atoms with Crippen LogP contribution in [-0.4, -0.2) is 17.6 Å². The Balaban J connectivity index is 1.90. The molecule has 1 saturated heterocycles. The molecule has 0 saturated carbocycles. The fourth-order valence-corrected chi connectivity index (χ4v) is 2.73. The van der Waals surface area contributed by atoms with Gasteiger partial charge in [0.25, 0.3) is 0 Å². The van der Waals surface area contributed by atoms with Crippen LogP contribution in [0.4, 0.5) is 0 Å². The van der Waals surface area contributed by atoms with E-state index in [0.29, 0.717) is 6.04 Å². The zero-order chi connectivity index (χ0) is 11.0. The molecule has 2 heterocycles. The number of fused-ring (bicyclic) bond motifs is 1.